The van der Waals surface area contributed by atoms with Crippen molar-refractivity contribution in [3.8, 4) is 6.07 Å². The number of nitriles is 1. The Balaban J connectivity index is 0.000000207. The SMILES string of the molecule is Cc1cc(C#N)ccn1.Cc1cc(C(=O)c2cc(Cl)ccc2N)ccn1.Cc1cccc[n+]1[O-].Cc1ccccn1. The summed E-state index contributed by atoms with van der Waals surface area (Å²) in [5.74, 6) is -0.143. The Morgan fingerprint density at radius 3 is 1.98 bits per heavy atom. The van der Waals surface area contributed by atoms with Gasteiger partial charge in [-0.3, -0.25) is 19.7 Å². The second-order valence-electron chi connectivity index (χ2n) is 8.68. The molecule has 0 saturated heterocycles. The van der Waals surface area contributed by atoms with Crippen molar-refractivity contribution in [2.24, 2.45) is 0 Å². The third-order valence-corrected chi connectivity index (χ3v) is 5.51. The minimum atomic E-state index is -0.143. The Bertz CT molecular complexity index is 1580. The first-order valence-electron chi connectivity index (χ1n) is 12.5. The third kappa shape index (κ3) is 11.6. The van der Waals surface area contributed by atoms with Gasteiger partial charge in [0.05, 0.1) is 11.6 Å². The summed E-state index contributed by atoms with van der Waals surface area (Å²) in [5, 5.41) is 19.4. The van der Waals surface area contributed by atoms with Gasteiger partial charge in [-0.25, -0.2) is 0 Å². The topological polar surface area (TPSA) is 132 Å². The summed E-state index contributed by atoms with van der Waals surface area (Å²) in [5.41, 5.74) is 11.3. The summed E-state index contributed by atoms with van der Waals surface area (Å²) in [4.78, 5) is 24.2. The summed E-state index contributed by atoms with van der Waals surface area (Å²) in [7, 11) is 0. The van der Waals surface area contributed by atoms with Gasteiger partial charge in [-0.1, -0.05) is 23.7 Å². The fourth-order valence-corrected chi connectivity index (χ4v) is 3.32. The number of aromatic nitrogens is 4. The van der Waals surface area contributed by atoms with Crippen molar-refractivity contribution in [2.75, 3.05) is 5.73 Å². The van der Waals surface area contributed by atoms with Crippen molar-refractivity contribution in [1.29, 1.82) is 5.26 Å². The first-order chi connectivity index (χ1) is 19.6. The van der Waals surface area contributed by atoms with Crippen LogP contribution in [0.25, 0.3) is 0 Å². The molecule has 0 unspecified atom stereocenters. The maximum absolute atomic E-state index is 12.2. The van der Waals surface area contributed by atoms with E-state index in [4.69, 9.17) is 22.6 Å². The molecule has 0 amide bonds. The summed E-state index contributed by atoms with van der Waals surface area (Å²) < 4.78 is 0.833. The lowest BCUT2D eigenvalue weighted by atomic mass is 10.0. The molecule has 0 spiro atoms. The maximum Gasteiger partial charge on any atom is 0.195 e. The number of hydrogen-bond donors (Lipinski definition) is 1. The number of hydrogen-bond acceptors (Lipinski definition) is 7. The van der Waals surface area contributed by atoms with E-state index in [0.29, 0.717) is 27.4 Å². The molecule has 0 saturated carbocycles. The molecule has 5 rings (SSSR count). The van der Waals surface area contributed by atoms with Crippen LogP contribution in [0.5, 0.6) is 0 Å². The number of anilines is 1. The normalized spacial score (nSPS) is 9.37. The van der Waals surface area contributed by atoms with Crippen LogP contribution >= 0.6 is 11.6 Å². The molecule has 0 aliphatic carbocycles. The first-order valence-corrected chi connectivity index (χ1v) is 12.9. The predicted molar refractivity (Wildman–Crippen MR) is 161 cm³/mol. The van der Waals surface area contributed by atoms with E-state index in [2.05, 4.69) is 15.0 Å². The van der Waals surface area contributed by atoms with Crippen molar-refractivity contribution in [3.63, 3.8) is 0 Å². The number of pyridine rings is 4. The number of nitrogens with two attached hydrogens (primary N) is 1. The molecule has 208 valence electrons. The van der Waals surface area contributed by atoms with Crippen LogP contribution in [0, 0.1) is 44.2 Å². The predicted octanol–water partition coefficient (Wildman–Crippen LogP) is 6.14. The Labute approximate surface area is 245 Å². The van der Waals surface area contributed by atoms with Crippen molar-refractivity contribution in [1.82, 2.24) is 15.0 Å². The lowest BCUT2D eigenvalue weighted by Gasteiger charge is -2.05. The summed E-state index contributed by atoms with van der Waals surface area (Å²) in [6.45, 7) is 7.44. The Kier molecular flexibility index (Phi) is 13.1. The van der Waals surface area contributed by atoms with Gasteiger partial charge in [-0.15, -0.1) is 0 Å². The number of rotatable bonds is 2. The van der Waals surface area contributed by atoms with Gasteiger partial charge in [0, 0.05) is 76.6 Å². The van der Waals surface area contributed by atoms with Crippen LogP contribution in [0.15, 0.2) is 104 Å². The average molecular weight is 567 g/mol. The van der Waals surface area contributed by atoms with Gasteiger partial charge in [0.2, 0.25) is 0 Å². The second kappa shape index (κ2) is 16.7. The highest BCUT2D eigenvalue weighted by Crippen LogP contribution is 2.21. The molecule has 1 aromatic carbocycles. The molecule has 41 heavy (non-hydrogen) atoms. The number of nitrogens with zero attached hydrogens (tertiary/aromatic N) is 5. The third-order valence-electron chi connectivity index (χ3n) is 5.27. The molecule has 0 aliphatic heterocycles. The highest BCUT2D eigenvalue weighted by molar-refractivity contribution is 6.31. The first kappa shape index (κ1) is 32.1. The second-order valence-corrected chi connectivity index (χ2v) is 9.12. The molecule has 9 heteroatoms. The molecule has 5 aromatic rings. The molecule has 8 nitrogen and oxygen atoms in total. The number of nitrogen functional groups attached to an aromatic ring is 1. The van der Waals surface area contributed by atoms with Crippen LogP contribution in [-0.2, 0) is 0 Å². The van der Waals surface area contributed by atoms with Gasteiger partial charge >= 0.3 is 0 Å². The van der Waals surface area contributed by atoms with Crippen molar-refractivity contribution >= 4 is 23.1 Å². The highest BCUT2D eigenvalue weighted by atomic mass is 35.5. The van der Waals surface area contributed by atoms with E-state index in [1.807, 2.05) is 51.1 Å². The Morgan fingerprint density at radius 2 is 1.49 bits per heavy atom. The number of ketones is 1. The fourth-order valence-electron chi connectivity index (χ4n) is 3.14. The smallest absolute Gasteiger partial charge is 0.195 e. The maximum atomic E-state index is 12.2. The quantitative estimate of drug-likeness (QED) is 0.117. The lowest BCUT2D eigenvalue weighted by molar-refractivity contribution is -0.612. The van der Waals surface area contributed by atoms with E-state index < -0.39 is 0 Å². The fraction of sp³-hybridized carbons (Fsp3) is 0.125. The Morgan fingerprint density at radius 1 is 0.829 bits per heavy atom. The molecular formula is C32H31ClN6O2. The van der Waals surface area contributed by atoms with Crippen molar-refractivity contribution in [2.45, 2.75) is 27.7 Å². The summed E-state index contributed by atoms with van der Waals surface area (Å²) in [6.07, 6.45) is 6.50. The lowest BCUT2D eigenvalue weighted by Crippen LogP contribution is -2.28. The largest absolute Gasteiger partial charge is 0.619 e. The molecule has 0 radical (unpaired) electrons. The average Bonchev–Trinajstić information content (AvgIpc) is 2.97. The van der Waals surface area contributed by atoms with Crippen LogP contribution in [0.1, 0.15) is 44.3 Å². The van der Waals surface area contributed by atoms with E-state index >= 15 is 0 Å². The van der Waals surface area contributed by atoms with Crippen LogP contribution < -0.4 is 10.5 Å². The van der Waals surface area contributed by atoms with E-state index in [0.717, 1.165) is 27.5 Å². The number of benzene rings is 1. The molecule has 0 fully saturated rings. The van der Waals surface area contributed by atoms with Crippen LogP contribution in [0.2, 0.25) is 5.02 Å². The molecule has 4 heterocycles. The number of aryl methyl sites for hydroxylation is 4. The van der Waals surface area contributed by atoms with E-state index in [1.165, 1.54) is 6.20 Å². The Hall–Kier alpha value is -5.13. The molecule has 0 atom stereocenters. The van der Waals surface area contributed by atoms with Crippen LogP contribution in [0.4, 0.5) is 5.69 Å². The van der Waals surface area contributed by atoms with Gasteiger partial charge in [-0.2, -0.15) is 9.99 Å². The monoisotopic (exact) mass is 566 g/mol. The van der Waals surface area contributed by atoms with Crippen LogP contribution in [-0.4, -0.2) is 20.7 Å². The van der Waals surface area contributed by atoms with Crippen LogP contribution in [0.3, 0.4) is 0 Å². The molecule has 4 aromatic heterocycles. The zero-order valence-corrected chi connectivity index (χ0v) is 24.1. The zero-order valence-electron chi connectivity index (χ0n) is 23.3. The highest BCUT2D eigenvalue weighted by Gasteiger charge is 2.13. The van der Waals surface area contributed by atoms with Gasteiger partial charge < -0.3 is 10.9 Å². The van der Waals surface area contributed by atoms with Crippen molar-refractivity contribution in [3.05, 3.63) is 153 Å². The molecular weight excluding hydrogens is 536 g/mol. The van der Waals surface area contributed by atoms with E-state index in [9.17, 15) is 10.0 Å². The standard InChI is InChI=1S/C13H11ClN2O.C7H6N2.C6H7NO.C6H7N/c1-8-6-9(4-5-16-8)13(17)11-7-10(14)2-3-12(11)15;1-6-4-7(5-8)2-3-9-6;1-6-4-2-3-5-7(6)8;1-6-4-2-3-5-7-6/h2-7H,15H2,1H3;2-4H,1H3;2-5H,1H3;2-5H,1H3. The summed E-state index contributed by atoms with van der Waals surface area (Å²) in [6, 6.07) is 24.9. The minimum Gasteiger partial charge on any atom is -0.619 e. The van der Waals surface area contributed by atoms with Gasteiger partial charge in [-0.05, 0) is 75.4 Å². The zero-order chi connectivity index (χ0) is 30.2. The van der Waals surface area contributed by atoms with E-state index in [-0.39, 0.29) is 5.78 Å². The summed E-state index contributed by atoms with van der Waals surface area (Å²) >= 11 is 5.86. The van der Waals surface area contributed by atoms with Crippen molar-refractivity contribution < 1.29 is 9.52 Å². The number of halogens is 1. The molecule has 0 bridgehead atoms. The van der Waals surface area contributed by atoms with Gasteiger partial charge in [0.1, 0.15) is 0 Å². The van der Waals surface area contributed by atoms with E-state index in [1.54, 1.807) is 80.1 Å². The van der Waals surface area contributed by atoms with Gasteiger partial charge in [0.25, 0.3) is 0 Å². The number of carbonyl (C=O) groups is 1. The molecule has 2 N–H and O–H groups in total. The molecule has 0 aliphatic rings. The van der Waals surface area contributed by atoms with Gasteiger partial charge in [0.15, 0.2) is 17.7 Å². The number of carbonyl (C=O) groups excluding carboxylic acids is 1. The minimum absolute atomic E-state index is 0.143.